The van der Waals surface area contributed by atoms with Crippen LogP contribution in [0.25, 0.3) is 12.2 Å². The highest BCUT2D eigenvalue weighted by molar-refractivity contribution is 7.99. The lowest BCUT2D eigenvalue weighted by Crippen LogP contribution is -1.87. The Kier molecular flexibility index (Phi) is 3.32. The Morgan fingerprint density at radius 1 is 1.00 bits per heavy atom. The first-order valence-corrected chi connectivity index (χ1v) is 6.89. The largest absolute Gasteiger partial charge is 0.497 e. The summed E-state index contributed by atoms with van der Waals surface area (Å²) < 4.78 is 5.26. The minimum absolute atomic E-state index is 0.0764. The summed E-state index contributed by atoms with van der Waals surface area (Å²) >= 11 is 1.72. The minimum atomic E-state index is 0.0764. The van der Waals surface area contributed by atoms with Gasteiger partial charge in [0.2, 0.25) is 0 Å². The van der Waals surface area contributed by atoms with Gasteiger partial charge in [0.05, 0.1) is 13.7 Å². The molecule has 2 aromatic carbocycles. The van der Waals surface area contributed by atoms with Crippen molar-refractivity contribution in [3.05, 3.63) is 53.1 Å². The van der Waals surface area contributed by atoms with Gasteiger partial charge in [-0.05, 0) is 41.0 Å². The summed E-state index contributed by atoms with van der Waals surface area (Å²) in [5.41, 5.74) is 3.28. The number of rotatable bonds is 2. The zero-order valence-corrected chi connectivity index (χ0v) is 11.4. The Bertz CT molecular complexity index is 647. The summed E-state index contributed by atoms with van der Waals surface area (Å²) in [5.74, 6) is 0.867. The van der Waals surface area contributed by atoms with Crippen molar-refractivity contribution in [1.29, 1.82) is 0 Å². The molecule has 0 aromatic heterocycles. The number of hydrogen-bond donors (Lipinski definition) is 1. The molecule has 0 unspecified atom stereocenters. The van der Waals surface area contributed by atoms with Crippen LogP contribution in [-0.4, -0.2) is 12.2 Å². The molecule has 3 heteroatoms. The molecule has 0 radical (unpaired) electrons. The summed E-state index contributed by atoms with van der Waals surface area (Å²) in [6.45, 7) is 0.0764. The summed E-state index contributed by atoms with van der Waals surface area (Å²) in [6.07, 6.45) is 4.21. The zero-order chi connectivity index (χ0) is 13.2. The van der Waals surface area contributed by atoms with Crippen LogP contribution in [0.1, 0.15) is 16.7 Å². The molecule has 1 heterocycles. The van der Waals surface area contributed by atoms with Gasteiger partial charge >= 0.3 is 0 Å². The highest BCUT2D eigenvalue weighted by Gasteiger charge is 2.11. The van der Waals surface area contributed by atoms with Crippen LogP contribution < -0.4 is 4.74 Å². The molecule has 19 heavy (non-hydrogen) atoms. The lowest BCUT2D eigenvalue weighted by Gasteiger charge is -2.08. The highest BCUT2D eigenvalue weighted by Crippen LogP contribution is 2.39. The first kappa shape index (κ1) is 12.3. The first-order valence-electron chi connectivity index (χ1n) is 6.08. The van der Waals surface area contributed by atoms with Gasteiger partial charge < -0.3 is 9.84 Å². The number of aliphatic hydroxyl groups is 1. The summed E-state index contributed by atoms with van der Waals surface area (Å²) in [7, 11) is 1.68. The Labute approximate surface area is 116 Å². The average molecular weight is 270 g/mol. The maximum absolute atomic E-state index is 9.23. The van der Waals surface area contributed by atoms with E-state index in [4.69, 9.17) is 4.74 Å². The molecule has 0 spiro atoms. The van der Waals surface area contributed by atoms with Gasteiger partial charge in [0.1, 0.15) is 5.75 Å². The van der Waals surface area contributed by atoms with Crippen molar-refractivity contribution < 1.29 is 9.84 Å². The van der Waals surface area contributed by atoms with E-state index in [1.54, 1.807) is 18.9 Å². The van der Waals surface area contributed by atoms with Gasteiger partial charge in [-0.15, -0.1) is 0 Å². The van der Waals surface area contributed by atoms with E-state index in [9.17, 15) is 5.11 Å². The van der Waals surface area contributed by atoms with Gasteiger partial charge in [0, 0.05) is 9.79 Å². The maximum atomic E-state index is 9.23. The predicted molar refractivity (Wildman–Crippen MR) is 78.4 cm³/mol. The van der Waals surface area contributed by atoms with Crippen molar-refractivity contribution in [2.24, 2.45) is 0 Å². The van der Waals surface area contributed by atoms with Crippen molar-refractivity contribution in [2.75, 3.05) is 7.11 Å². The Morgan fingerprint density at radius 3 is 2.63 bits per heavy atom. The van der Waals surface area contributed by atoms with Crippen LogP contribution in [0, 0.1) is 0 Å². The average Bonchev–Trinajstić information content (AvgIpc) is 2.64. The van der Waals surface area contributed by atoms with Gasteiger partial charge in [-0.25, -0.2) is 0 Å². The molecule has 0 amide bonds. The fourth-order valence-electron chi connectivity index (χ4n) is 2.08. The van der Waals surface area contributed by atoms with E-state index in [0.717, 1.165) is 16.9 Å². The van der Waals surface area contributed by atoms with Crippen LogP contribution in [0.15, 0.2) is 46.2 Å². The molecule has 3 rings (SSSR count). The Morgan fingerprint density at radius 2 is 1.84 bits per heavy atom. The number of methoxy groups -OCH3 is 1. The van der Waals surface area contributed by atoms with E-state index in [1.165, 1.54) is 15.4 Å². The van der Waals surface area contributed by atoms with Crippen LogP contribution in [0.3, 0.4) is 0 Å². The highest BCUT2D eigenvalue weighted by atomic mass is 32.2. The smallest absolute Gasteiger partial charge is 0.119 e. The quantitative estimate of drug-likeness (QED) is 0.767. The molecule has 0 atom stereocenters. The first-order chi connectivity index (χ1) is 9.30. The van der Waals surface area contributed by atoms with Crippen molar-refractivity contribution >= 4 is 23.9 Å². The van der Waals surface area contributed by atoms with Gasteiger partial charge in [-0.2, -0.15) is 0 Å². The third-order valence-corrected chi connectivity index (χ3v) is 4.31. The molecule has 0 saturated carbocycles. The lowest BCUT2D eigenvalue weighted by molar-refractivity contribution is 0.281. The van der Waals surface area contributed by atoms with Crippen LogP contribution >= 0.6 is 11.8 Å². The third kappa shape index (κ3) is 2.39. The lowest BCUT2D eigenvalue weighted by atomic mass is 10.1. The second-order valence-corrected chi connectivity index (χ2v) is 5.45. The molecule has 2 aromatic rings. The molecule has 2 nitrogen and oxygen atoms in total. The van der Waals surface area contributed by atoms with Crippen molar-refractivity contribution in [1.82, 2.24) is 0 Å². The Balaban J connectivity index is 2.07. The van der Waals surface area contributed by atoms with Crippen molar-refractivity contribution in [2.45, 2.75) is 16.4 Å². The molecule has 96 valence electrons. The molecule has 0 saturated heterocycles. The minimum Gasteiger partial charge on any atom is -0.497 e. The summed E-state index contributed by atoms with van der Waals surface area (Å²) in [4.78, 5) is 2.37. The number of benzene rings is 2. The van der Waals surface area contributed by atoms with Gasteiger partial charge in [0.15, 0.2) is 0 Å². The summed E-state index contributed by atoms with van der Waals surface area (Å²) in [5, 5.41) is 9.23. The normalized spacial score (nSPS) is 12.5. The molecule has 0 fully saturated rings. The van der Waals surface area contributed by atoms with E-state index in [0.29, 0.717) is 0 Å². The number of fused-ring (bicyclic) bond motifs is 2. The number of aliphatic hydroxyl groups excluding tert-OH is 1. The third-order valence-electron chi connectivity index (χ3n) is 3.14. The van der Waals surface area contributed by atoms with Gasteiger partial charge in [0.25, 0.3) is 0 Å². The molecular formula is C16H14O2S. The van der Waals surface area contributed by atoms with E-state index in [-0.39, 0.29) is 6.61 Å². The summed E-state index contributed by atoms with van der Waals surface area (Å²) in [6, 6.07) is 12.1. The van der Waals surface area contributed by atoms with Gasteiger partial charge in [-0.1, -0.05) is 36.0 Å². The maximum Gasteiger partial charge on any atom is 0.119 e. The van der Waals surface area contributed by atoms with Crippen molar-refractivity contribution in [3.8, 4) is 5.75 Å². The van der Waals surface area contributed by atoms with Crippen molar-refractivity contribution in [3.63, 3.8) is 0 Å². The SMILES string of the molecule is COc1ccc2c(c1)C=Cc1ccc(CO)cc1S2. The number of hydrogen-bond acceptors (Lipinski definition) is 3. The predicted octanol–water partition coefficient (Wildman–Crippen LogP) is 3.82. The molecule has 1 aliphatic rings. The van der Waals surface area contributed by atoms with E-state index >= 15 is 0 Å². The van der Waals surface area contributed by atoms with Crippen LogP contribution in [0.5, 0.6) is 5.75 Å². The molecule has 0 bridgehead atoms. The fraction of sp³-hybridized carbons (Fsp3) is 0.125. The van der Waals surface area contributed by atoms with Crippen LogP contribution in [0.4, 0.5) is 0 Å². The molecule has 1 N–H and O–H groups in total. The van der Waals surface area contributed by atoms with Crippen LogP contribution in [-0.2, 0) is 6.61 Å². The standard InChI is InChI=1S/C16H14O2S/c1-18-14-6-7-15-13(9-14)5-4-12-3-2-11(10-17)8-16(12)19-15/h2-9,17H,10H2,1H3. The second kappa shape index (κ2) is 5.11. The second-order valence-electron chi connectivity index (χ2n) is 4.37. The molecule has 0 aliphatic carbocycles. The molecule has 1 aliphatic heterocycles. The monoisotopic (exact) mass is 270 g/mol. The number of ether oxygens (including phenoxy) is 1. The topological polar surface area (TPSA) is 29.5 Å². The van der Waals surface area contributed by atoms with Gasteiger partial charge in [-0.3, -0.25) is 0 Å². The van der Waals surface area contributed by atoms with E-state index in [2.05, 4.69) is 18.2 Å². The van der Waals surface area contributed by atoms with E-state index in [1.807, 2.05) is 30.3 Å². The zero-order valence-electron chi connectivity index (χ0n) is 10.6. The fourth-order valence-corrected chi connectivity index (χ4v) is 3.16. The van der Waals surface area contributed by atoms with E-state index < -0.39 is 0 Å². The molecular weight excluding hydrogens is 256 g/mol. The Hall–Kier alpha value is -1.71. The van der Waals surface area contributed by atoms with Crippen LogP contribution in [0.2, 0.25) is 0 Å².